The molecule has 0 fully saturated rings. The molecule has 0 radical (unpaired) electrons. The summed E-state index contributed by atoms with van der Waals surface area (Å²) >= 11 is 6.24. The summed E-state index contributed by atoms with van der Waals surface area (Å²) in [5.41, 5.74) is 1.57. The SMILES string of the molecule is CCCN(CC(=O)Nc1ccccc1OC)C(=O)C[NH2+][C@H](C)c1ccccc1Cl. The molecule has 2 aromatic rings. The first kappa shape index (κ1) is 22.7. The highest BCUT2D eigenvalue weighted by molar-refractivity contribution is 6.31. The number of methoxy groups -OCH3 is 1. The molecule has 3 N–H and O–H groups in total. The van der Waals surface area contributed by atoms with Gasteiger partial charge in [0.1, 0.15) is 18.3 Å². The third-order valence-electron chi connectivity index (χ3n) is 4.60. The van der Waals surface area contributed by atoms with E-state index >= 15 is 0 Å². The van der Waals surface area contributed by atoms with Gasteiger partial charge in [-0.2, -0.15) is 0 Å². The van der Waals surface area contributed by atoms with Crippen molar-refractivity contribution in [2.75, 3.05) is 32.1 Å². The molecule has 2 rings (SSSR count). The van der Waals surface area contributed by atoms with Crippen molar-refractivity contribution < 1.29 is 19.6 Å². The number of benzene rings is 2. The van der Waals surface area contributed by atoms with Crippen LogP contribution in [-0.2, 0) is 9.59 Å². The van der Waals surface area contributed by atoms with Crippen molar-refractivity contribution in [3.8, 4) is 5.75 Å². The number of rotatable bonds is 10. The Kier molecular flexibility index (Phi) is 8.96. The number of ether oxygens (including phenoxy) is 1. The van der Waals surface area contributed by atoms with Crippen LogP contribution < -0.4 is 15.4 Å². The van der Waals surface area contributed by atoms with Gasteiger partial charge in [0, 0.05) is 17.1 Å². The van der Waals surface area contributed by atoms with Gasteiger partial charge in [-0.05, 0) is 31.5 Å². The van der Waals surface area contributed by atoms with Gasteiger partial charge < -0.3 is 20.3 Å². The van der Waals surface area contributed by atoms with Crippen molar-refractivity contribution in [2.24, 2.45) is 0 Å². The van der Waals surface area contributed by atoms with Crippen LogP contribution in [0.4, 0.5) is 5.69 Å². The average molecular weight is 419 g/mol. The Morgan fingerprint density at radius 1 is 1.17 bits per heavy atom. The Bertz CT molecular complexity index is 828. The number of hydrogen-bond donors (Lipinski definition) is 2. The molecule has 0 aliphatic rings. The second kappa shape index (κ2) is 11.4. The third kappa shape index (κ3) is 6.76. The van der Waals surface area contributed by atoms with Crippen LogP contribution in [0.1, 0.15) is 31.9 Å². The standard InChI is InChI=1S/C22H28ClN3O3/c1-4-13-26(15-21(27)25-19-11-7-8-12-20(19)29-3)22(28)14-24-16(2)17-9-5-6-10-18(17)23/h5-12,16,24H,4,13-15H2,1-3H3,(H,25,27)/p+1/t16-/m1/s1. The second-order valence-electron chi connectivity index (χ2n) is 6.81. The Morgan fingerprint density at radius 2 is 1.86 bits per heavy atom. The van der Waals surface area contributed by atoms with E-state index in [4.69, 9.17) is 16.3 Å². The monoisotopic (exact) mass is 418 g/mol. The molecule has 0 heterocycles. The van der Waals surface area contributed by atoms with Crippen LogP contribution in [0.15, 0.2) is 48.5 Å². The van der Waals surface area contributed by atoms with Gasteiger partial charge in [0.25, 0.3) is 5.91 Å². The Hall–Kier alpha value is -2.57. The van der Waals surface area contributed by atoms with E-state index in [1.54, 1.807) is 24.1 Å². The number of nitrogens with one attached hydrogen (secondary N) is 1. The Balaban J connectivity index is 1.94. The minimum Gasteiger partial charge on any atom is -0.495 e. The highest BCUT2D eigenvalue weighted by Crippen LogP contribution is 2.23. The first-order valence-corrected chi connectivity index (χ1v) is 10.1. The largest absolute Gasteiger partial charge is 0.495 e. The zero-order valence-electron chi connectivity index (χ0n) is 17.2. The predicted molar refractivity (Wildman–Crippen MR) is 115 cm³/mol. The van der Waals surface area contributed by atoms with Gasteiger partial charge in [-0.3, -0.25) is 9.59 Å². The predicted octanol–water partition coefficient (Wildman–Crippen LogP) is 2.85. The lowest BCUT2D eigenvalue weighted by atomic mass is 10.1. The van der Waals surface area contributed by atoms with Gasteiger partial charge in [-0.15, -0.1) is 0 Å². The van der Waals surface area contributed by atoms with Crippen molar-refractivity contribution in [3.05, 3.63) is 59.1 Å². The summed E-state index contributed by atoms with van der Waals surface area (Å²) in [6.07, 6.45) is 0.772. The van der Waals surface area contributed by atoms with E-state index in [-0.39, 0.29) is 30.9 Å². The van der Waals surface area contributed by atoms with E-state index in [1.165, 1.54) is 0 Å². The molecule has 6 nitrogen and oxygen atoms in total. The van der Waals surface area contributed by atoms with E-state index in [0.29, 0.717) is 23.0 Å². The topological polar surface area (TPSA) is 75.2 Å². The fourth-order valence-corrected chi connectivity index (χ4v) is 3.36. The van der Waals surface area contributed by atoms with E-state index in [0.717, 1.165) is 12.0 Å². The minimum absolute atomic E-state index is 0.000956. The van der Waals surface area contributed by atoms with Gasteiger partial charge in [0.05, 0.1) is 12.8 Å². The van der Waals surface area contributed by atoms with Gasteiger partial charge >= 0.3 is 0 Å². The highest BCUT2D eigenvalue weighted by Gasteiger charge is 2.21. The number of carbonyl (C=O) groups excluding carboxylic acids is 2. The summed E-state index contributed by atoms with van der Waals surface area (Å²) in [5, 5.41) is 5.44. The summed E-state index contributed by atoms with van der Waals surface area (Å²) in [4.78, 5) is 26.8. The molecular formula is C22H29ClN3O3+. The smallest absolute Gasteiger partial charge is 0.278 e. The van der Waals surface area contributed by atoms with E-state index in [1.807, 2.05) is 55.6 Å². The summed E-state index contributed by atoms with van der Waals surface area (Å²) in [6, 6.07) is 14.8. The normalized spacial score (nSPS) is 11.6. The van der Waals surface area contributed by atoms with Crippen LogP contribution >= 0.6 is 11.6 Å². The lowest BCUT2D eigenvalue weighted by Gasteiger charge is -2.22. The molecule has 0 unspecified atom stereocenters. The van der Waals surface area contributed by atoms with Gasteiger partial charge in [-0.1, -0.05) is 48.9 Å². The van der Waals surface area contributed by atoms with Crippen molar-refractivity contribution >= 4 is 29.1 Å². The zero-order chi connectivity index (χ0) is 21.2. The van der Waals surface area contributed by atoms with Crippen LogP contribution in [0.25, 0.3) is 0 Å². The molecule has 2 amide bonds. The maximum Gasteiger partial charge on any atom is 0.278 e. The van der Waals surface area contributed by atoms with Crippen molar-refractivity contribution in [3.63, 3.8) is 0 Å². The summed E-state index contributed by atoms with van der Waals surface area (Å²) in [7, 11) is 1.55. The zero-order valence-corrected chi connectivity index (χ0v) is 17.9. The van der Waals surface area contributed by atoms with Crippen molar-refractivity contribution in [1.29, 1.82) is 0 Å². The van der Waals surface area contributed by atoms with Crippen LogP contribution in [0.2, 0.25) is 5.02 Å². The van der Waals surface area contributed by atoms with Gasteiger partial charge in [0.2, 0.25) is 5.91 Å². The lowest BCUT2D eigenvalue weighted by Crippen LogP contribution is -2.87. The molecule has 0 aliphatic carbocycles. The molecule has 0 aromatic heterocycles. The fourth-order valence-electron chi connectivity index (χ4n) is 3.05. The van der Waals surface area contributed by atoms with E-state index < -0.39 is 0 Å². The molecule has 29 heavy (non-hydrogen) atoms. The minimum atomic E-state index is -0.254. The molecule has 7 heteroatoms. The Morgan fingerprint density at radius 3 is 2.55 bits per heavy atom. The molecule has 0 aliphatic heterocycles. The number of nitrogens with zero attached hydrogens (tertiary/aromatic N) is 1. The quantitative estimate of drug-likeness (QED) is 0.623. The van der Waals surface area contributed by atoms with Crippen LogP contribution in [0.5, 0.6) is 5.75 Å². The van der Waals surface area contributed by atoms with Crippen molar-refractivity contribution in [2.45, 2.75) is 26.3 Å². The van der Waals surface area contributed by atoms with Crippen LogP contribution in [0, 0.1) is 0 Å². The number of nitrogens with two attached hydrogens (primary N) is 1. The van der Waals surface area contributed by atoms with E-state index in [9.17, 15) is 9.59 Å². The van der Waals surface area contributed by atoms with Crippen molar-refractivity contribution in [1.82, 2.24) is 4.90 Å². The number of quaternary nitrogens is 1. The number of halogens is 1. The van der Waals surface area contributed by atoms with Gasteiger partial charge in [0.15, 0.2) is 6.54 Å². The molecule has 0 saturated carbocycles. The second-order valence-corrected chi connectivity index (χ2v) is 7.22. The number of carbonyl (C=O) groups is 2. The third-order valence-corrected chi connectivity index (χ3v) is 4.95. The Labute approximate surface area is 177 Å². The number of amides is 2. The fraction of sp³-hybridized carbons (Fsp3) is 0.364. The molecule has 1 atom stereocenters. The molecule has 0 bridgehead atoms. The first-order chi connectivity index (χ1) is 14.0. The van der Waals surface area contributed by atoms with Crippen LogP contribution in [0.3, 0.4) is 0 Å². The van der Waals surface area contributed by atoms with E-state index in [2.05, 4.69) is 5.32 Å². The molecule has 2 aromatic carbocycles. The molecular weight excluding hydrogens is 390 g/mol. The summed E-state index contributed by atoms with van der Waals surface area (Å²) < 4.78 is 5.25. The maximum absolute atomic E-state index is 12.7. The van der Waals surface area contributed by atoms with Gasteiger partial charge in [-0.25, -0.2) is 0 Å². The average Bonchev–Trinajstić information content (AvgIpc) is 2.72. The summed E-state index contributed by atoms with van der Waals surface area (Å²) in [5.74, 6) is 0.243. The maximum atomic E-state index is 12.7. The molecule has 156 valence electrons. The highest BCUT2D eigenvalue weighted by atomic mass is 35.5. The lowest BCUT2D eigenvalue weighted by molar-refractivity contribution is -0.683. The number of para-hydroxylation sites is 2. The summed E-state index contributed by atoms with van der Waals surface area (Å²) in [6.45, 7) is 4.75. The molecule has 0 saturated heterocycles. The number of anilines is 1. The van der Waals surface area contributed by atoms with Crippen LogP contribution in [-0.4, -0.2) is 43.5 Å². The molecule has 0 spiro atoms. The first-order valence-electron chi connectivity index (χ1n) is 9.74. The number of hydrogen-bond acceptors (Lipinski definition) is 3.